The number of nitriles is 1. The smallest absolute Gasteiger partial charge is 0.410 e. The van der Waals surface area contributed by atoms with E-state index in [0.717, 1.165) is 60.5 Å². The van der Waals surface area contributed by atoms with Crippen LogP contribution in [0.4, 0.5) is 4.79 Å². The summed E-state index contributed by atoms with van der Waals surface area (Å²) in [7, 11) is 0. The van der Waals surface area contributed by atoms with Gasteiger partial charge in [0.2, 0.25) is 0 Å². The Bertz CT molecular complexity index is 1390. The summed E-state index contributed by atoms with van der Waals surface area (Å²) in [6, 6.07) is 2.27. The Hall–Kier alpha value is -4.07. The van der Waals surface area contributed by atoms with Crippen molar-refractivity contribution in [2.45, 2.75) is 79.4 Å². The zero-order chi connectivity index (χ0) is 31.7. The molecule has 3 aliphatic rings. The minimum absolute atomic E-state index is 0.00375. The number of hydrogen-bond acceptors (Lipinski definition) is 5. The predicted octanol–water partition coefficient (Wildman–Crippen LogP) is 8.38. The van der Waals surface area contributed by atoms with E-state index in [1.54, 1.807) is 18.4 Å². The summed E-state index contributed by atoms with van der Waals surface area (Å²) in [5.74, 6) is 0.132. The van der Waals surface area contributed by atoms with Crippen molar-refractivity contribution >= 4 is 11.8 Å². The van der Waals surface area contributed by atoms with Gasteiger partial charge in [-0.2, -0.15) is 5.26 Å². The van der Waals surface area contributed by atoms with Gasteiger partial charge in [-0.3, -0.25) is 4.99 Å². The van der Waals surface area contributed by atoms with Gasteiger partial charge in [-0.25, -0.2) is 4.79 Å². The number of amides is 1. The Balaban J connectivity index is 2.11. The van der Waals surface area contributed by atoms with Gasteiger partial charge in [0.05, 0.1) is 17.8 Å². The number of aliphatic imine (C=N–C) groups is 1. The first-order valence-electron chi connectivity index (χ1n) is 15.3. The first-order chi connectivity index (χ1) is 20.4. The fourth-order valence-electron chi connectivity index (χ4n) is 5.49. The molecule has 1 fully saturated rings. The fraction of sp³-hybridized carbons (Fsp3) is 0.459. The summed E-state index contributed by atoms with van der Waals surface area (Å²) in [5, 5.41) is 9.59. The predicted molar refractivity (Wildman–Crippen MR) is 177 cm³/mol. The Labute approximate surface area is 259 Å². The van der Waals surface area contributed by atoms with Gasteiger partial charge in [0.1, 0.15) is 5.60 Å². The summed E-state index contributed by atoms with van der Waals surface area (Å²) >= 11 is 0. The molecule has 3 atom stereocenters. The standard InChI is InChI=1S/C37H48N4O2/c1-10-14-30(24-38)23-31(11-2)27(4)22-34(40-19-13-20-40)35-29(6)39-18-12-15-33(35)32-17-16-28(5)41(25-26(3)21-32)36(42)43-37(7,8)9/h10-11,14-15,18,21-23,26-28H,1-2,13,16-17,19-20,25H2,3-9H3/b30-14+,31-23+,32-21-,34-22+/t26-,27?,28-/m1/s1. The molecule has 0 aliphatic carbocycles. The van der Waals surface area contributed by atoms with E-state index in [1.807, 2.05) is 37.8 Å². The highest BCUT2D eigenvalue weighted by Crippen LogP contribution is 2.35. The van der Waals surface area contributed by atoms with Crippen LogP contribution in [0.15, 0.2) is 106 Å². The van der Waals surface area contributed by atoms with Crippen molar-refractivity contribution in [1.82, 2.24) is 9.80 Å². The first kappa shape index (κ1) is 33.4. The monoisotopic (exact) mass is 580 g/mol. The molecule has 6 heteroatoms. The highest BCUT2D eigenvalue weighted by Gasteiger charge is 2.31. The molecule has 0 aromatic rings. The maximum atomic E-state index is 13.1. The van der Waals surface area contributed by atoms with E-state index in [2.05, 4.69) is 75.8 Å². The zero-order valence-electron chi connectivity index (χ0n) is 27.1. The molecule has 0 spiro atoms. The van der Waals surface area contributed by atoms with E-state index >= 15 is 0 Å². The molecular formula is C37H48N4O2. The molecule has 0 aromatic carbocycles. The van der Waals surface area contributed by atoms with Crippen molar-refractivity contribution in [3.63, 3.8) is 0 Å². The first-order valence-corrected chi connectivity index (χ1v) is 15.3. The molecule has 43 heavy (non-hydrogen) atoms. The van der Waals surface area contributed by atoms with E-state index in [9.17, 15) is 10.1 Å². The van der Waals surface area contributed by atoms with Crippen molar-refractivity contribution < 1.29 is 9.53 Å². The van der Waals surface area contributed by atoms with Gasteiger partial charge >= 0.3 is 6.09 Å². The van der Waals surface area contributed by atoms with Crippen LogP contribution in [0, 0.1) is 23.2 Å². The van der Waals surface area contributed by atoms with Gasteiger partial charge in [0.25, 0.3) is 0 Å². The van der Waals surface area contributed by atoms with E-state index in [-0.39, 0.29) is 24.0 Å². The molecule has 3 aliphatic heterocycles. The summed E-state index contributed by atoms with van der Waals surface area (Å²) < 4.78 is 5.74. The minimum Gasteiger partial charge on any atom is -0.444 e. The molecule has 6 nitrogen and oxygen atoms in total. The summed E-state index contributed by atoms with van der Waals surface area (Å²) in [5.41, 5.74) is 9.81. The molecular weight excluding hydrogens is 532 g/mol. The molecule has 228 valence electrons. The number of carbonyl (C=O) groups is 1. The number of ether oxygens (including phenoxy) is 1. The largest absolute Gasteiger partial charge is 0.444 e. The number of hydrogen-bond donors (Lipinski definition) is 0. The van der Waals surface area contributed by atoms with E-state index < -0.39 is 5.60 Å². The third-order valence-corrected chi connectivity index (χ3v) is 7.87. The van der Waals surface area contributed by atoms with Crippen molar-refractivity contribution in [1.29, 1.82) is 5.26 Å². The van der Waals surface area contributed by atoms with E-state index in [4.69, 9.17) is 9.73 Å². The average molecular weight is 581 g/mol. The zero-order valence-corrected chi connectivity index (χ0v) is 27.1. The number of allylic oxidation sites excluding steroid dienone is 11. The third kappa shape index (κ3) is 8.96. The maximum Gasteiger partial charge on any atom is 0.410 e. The SMILES string of the molecule is C=C/C=C(C#N)\C=C(/C=C)C(C)/C=C(C1=C(/C2=C\[C@@H](C)CN(C(=O)OC(C)(C)C)[C@H](C)CC2)C=C=CN=C1C)/N1CCC1. The Morgan fingerprint density at radius 1 is 1.28 bits per heavy atom. The quantitative estimate of drug-likeness (QED) is 0.164. The molecule has 0 N–H and O–H groups in total. The van der Waals surface area contributed by atoms with Crippen LogP contribution in [0.25, 0.3) is 0 Å². The minimum atomic E-state index is -0.535. The molecule has 0 bridgehead atoms. The number of likely N-dealkylation sites (tertiary alicyclic amines) is 1. The van der Waals surface area contributed by atoms with E-state index in [0.29, 0.717) is 12.1 Å². The molecule has 0 aromatic heterocycles. The van der Waals surface area contributed by atoms with Gasteiger partial charge in [0, 0.05) is 48.6 Å². The lowest BCUT2D eigenvalue weighted by molar-refractivity contribution is 0.0146. The Morgan fingerprint density at radius 3 is 2.58 bits per heavy atom. The molecule has 0 radical (unpaired) electrons. The van der Waals surface area contributed by atoms with Crippen molar-refractivity contribution in [2.24, 2.45) is 16.8 Å². The topological polar surface area (TPSA) is 68.9 Å². The van der Waals surface area contributed by atoms with Crippen LogP contribution >= 0.6 is 0 Å². The summed E-state index contributed by atoms with van der Waals surface area (Å²) in [6.07, 6.45) is 18.0. The van der Waals surface area contributed by atoms with Crippen LogP contribution in [0.2, 0.25) is 0 Å². The van der Waals surface area contributed by atoms with Crippen molar-refractivity contribution in [3.05, 3.63) is 101 Å². The third-order valence-electron chi connectivity index (χ3n) is 7.87. The molecule has 0 saturated carbocycles. The second kappa shape index (κ2) is 14.9. The summed E-state index contributed by atoms with van der Waals surface area (Å²) in [4.78, 5) is 22.1. The van der Waals surface area contributed by atoms with Crippen LogP contribution in [0.3, 0.4) is 0 Å². The van der Waals surface area contributed by atoms with Crippen LogP contribution in [-0.2, 0) is 4.74 Å². The van der Waals surface area contributed by atoms with Crippen LogP contribution < -0.4 is 0 Å². The van der Waals surface area contributed by atoms with Crippen molar-refractivity contribution in [3.8, 4) is 6.07 Å². The molecule has 1 amide bonds. The van der Waals surface area contributed by atoms with Crippen LogP contribution in [0.1, 0.15) is 67.7 Å². The number of rotatable bonds is 8. The van der Waals surface area contributed by atoms with Crippen molar-refractivity contribution in [2.75, 3.05) is 19.6 Å². The number of carbonyl (C=O) groups excluding carboxylic acids is 1. The number of nitrogens with zero attached hydrogens (tertiary/aromatic N) is 4. The lowest BCUT2D eigenvalue weighted by Gasteiger charge is -2.38. The normalized spacial score (nSPS) is 24.0. The second-order valence-corrected chi connectivity index (χ2v) is 12.6. The highest BCUT2D eigenvalue weighted by atomic mass is 16.6. The van der Waals surface area contributed by atoms with Gasteiger partial charge < -0.3 is 14.5 Å². The Kier molecular flexibility index (Phi) is 11.6. The van der Waals surface area contributed by atoms with Gasteiger partial charge in [-0.1, -0.05) is 51.3 Å². The second-order valence-electron chi connectivity index (χ2n) is 12.6. The Morgan fingerprint density at radius 2 is 2.00 bits per heavy atom. The van der Waals surface area contributed by atoms with Crippen LogP contribution in [0.5, 0.6) is 0 Å². The molecule has 1 unspecified atom stereocenters. The van der Waals surface area contributed by atoms with Crippen LogP contribution in [-0.4, -0.2) is 52.9 Å². The molecule has 1 saturated heterocycles. The average Bonchev–Trinajstić information content (AvgIpc) is 3.09. The van der Waals surface area contributed by atoms with E-state index in [1.165, 1.54) is 5.57 Å². The molecule has 3 heterocycles. The van der Waals surface area contributed by atoms with Gasteiger partial charge in [-0.15, -0.1) is 5.73 Å². The van der Waals surface area contributed by atoms with Gasteiger partial charge in [-0.05, 0) is 94.7 Å². The van der Waals surface area contributed by atoms with Gasteiger partial charge in [0.15, 0.2) is 0 Å². The highest BCUT2D eigenvalue weighted by molar-refractivity contribution is 6.04. The lowest BCUT2D eigenvalue weighted by Crippen LogP contribution is -2.44. The molecule has 3 rings (SSSR count). The lowest BCUT2D eigenvalue weighted by atomic mass is 9.85. The fourth-order valence-corrected chi connectivity index (χ4v) is 5.49. The summed E-state index contributed by atoms with van der Waals surface area (Å²) in [6.45, 7) is 24.5. The maximum absolute atomic E-state index is 13.1.